The van der Waals surface area contributed by atoms with E-state index in [0.29, 0.717) is 6.61 Å². The van der Waals surface area contributed by atoms with Crippen LogP contribution in [-0.2, 0) is 13.9 Å². The maximum atomic E-state index is 13.4. The van der Waals surface area contributed by atoms with Crippen LogP contribution in [0.2, 0.25) is 0 Å². The minimum atomic E-state index is -4.73. The van der Waals surface area contributed by atoms with Crippen LogP contribution in [0.5, 0.6) is 0 Å². The number of hydrogen-bond donors (Lipinski definition) is 2. The predicted molar refractivity (Wildman–Crippen MR) is 179 cm³/mol. The highest BCUT2D eigenvalue weighted by Gasteiger charge is 2.61. The van der Waals surface area contributed by atoms with E-state index in [9.17, 15) is 18.9 Å². The van der Waals surface area contributed by atoms with Gasteiger partial charge < -0.3 is 14.5 Å². The molecule has 1 atom stereocenters. The average Bonchev–Trinajstić information content (AvgIpc) is 2.86. The Labute approximate surface area is 253 Å². The van der Waals surface area contributed by atoms with Crippen LogP contribution in [0.25, 0.3) is 0 Å². The van der Waals surface area contributed by atoms with Crippen LogP contribution >= 0.6 is 15.4 Å². The van der Waals surface area contributed by atoms with E-state index in [1.54, 1.807) is 6.92 Å². The molecule has 0 aliphatic carbocycles. The molecule has 0 aromatic heterocycles. The van der Waals surface area contributed by atoms with Gasteiger partial charge in [-0.2, -0.15) is 0 Å². The first-order valence-corrected chi connectivity index (χ1v) is 18.2. The van der Waals surface area contributed by atoms with Gasteiger partial charge in [0.25, 0.3) is 4.90 Å². The molecule has 0 bridgehead atoms. The number of allylic oxidation sites excluding steroid dienone is 12. The second kappa shape index (κ2) is 21.4. The molecular formula is C34H59O5P2+. The fraction of sp³-hybridized carbons (Fsp3) is 0.647. The van der Waals surface area contributed by atoms with Crippen LogP contribution in [0.15, 0.2) is 69.9 Å². The summed E-state index contributed by atoms with van der Waals surface area (Å²) >= 11 is 0. The third kappa shape index (κ3) is 18.0. The summed E-state index contributed by atoms with van der Waals surface area (Å²) in [5.41, 5.74) is 7.44. The van der Waals surface area contributed by atoms with Gasteiger partial charge >= 0.3 is 15.4 Å². The summed E-state index contributed by atoms with van der Waals surface area (Å²) in [4.78, 5) is 19.4. The molecule has 0 rings (SSSR count). The average molecular weight is 610 g/mol. The third-order valence-corrected chi connectivity index (χ3v) is 11.8. The molecular weight excluding hydrogens is 550 g/mol. The molecule has 0 aliphatic rings. The summed E-state index contributed by atoms with van der Waals surface area (Å²) in [5.74, 6) is 0. The van der Waals surface area contributed by atoms with Gasteiger partial charge in [-0.25, -0.2) is 0 Å². The van der Waals surface area contributed by atoms with E-state index in [4.69, 9.17) is 4.74 Å². The molecule has 7 heteroatoms. The molecule has 41 heavy (non-hydrogen) atoms. The van der Waals surface area contributed by atoms with Gasteiger partial charge in [-0.15, -0.1) is 0 Å². The third-order valence-electron chi connectivity index (χ3n) is 7.22. The second-order valence-electron chi connectivity index (χ2n) is 11.9. The zero-order chi connectivity index (χ0) is 31.5. The van der Waals surface area contributed by atoms with Crippen LogP contribution in [0.3, 0.4) is 0 Å². The van der Waals surface area contributed by atoms with E-state index in [1.807, 2.05) is 26.0 Å². The number of ether oxygens (including phenoxy) is 1. The first kappa shape index (κ1) is 39.6. The standard InChI is InChI=1S/C34H58O5P2/c1-10-39-27-40(35)34(41(36,37)38,25-23-32(8)21-13-19-30(6)17-11-15-28(2)3)26-24-33(9)22-14-20-31(7)18-12-16-29(4)5/h15-16,19-20,23-24H,10-14,17-18,21-22,25-27H2,1-9H3,(H-,36,37,38)/p+1/b30-19+,31-20+,32-23+,33-24+. The maximum absolute atomic E-state index is 13.4. The molecule has 0 fully saturated rings. The normalized spacial score (nSPS) is 14.3. The van der Waals surface area contributed by atoms with Gasteiger partial charge in [0.2, 0.25) is 6.35 Å². The molecule has 0 aromatic carbocycles. The highest BCUT2D eigenvalue weighted by atomic mass is 31.2. The van der Waals surface area contributed by atoms with Crippen molar-refractivity contribution in [1.82, 2.24) is 0 Å². The Morgan fingerprint density at radius 1 is 0.659 bits per heavy atom. The Morgan fingerprint density at radius 3 is 1.32 bits per heavy atom. The predicted octanol–water partition coefficient (Wildman–Crippen LogP) is 11.3. The molecule has 0 aromatic rings. The molecule has 1 unspecified atom stereocenters. The van der Waals surface area contributed by atoms with Crippen molar-refractivity contribution >= 4 is 15.4 Å². The molecule has 0 saturated carbocycles. The Balaban J connectivity index is 5.62. The van der Waals surface area contributed by atoms with Gasteiger partial charge in [-0.1, -0.05) is 74.5 Å². The Hall–Kier alpha value is -1.35. The van der Waals surface area contributed by atoms with Gasteiger partial charge in [-0.05, 0) is 114 Å². The molecule has 0 radical (unpaired) electrons. The van der Waals surface area contributed by atoms with Crippen molar-refractivity contribution in [1.29, 1.82) is 0 Å². The number of hydrogen-bond acceptors (Lipinski definition) is 3. The highest BCUT2D eigenvalue weighted by molar-refractivity contribution is 7.69. The fourth-order valence-electron chi connectivity index (χ4n) is 4.32. The molecule has 0 aliphatic heterocycles. The molecule has 0 spiro atoms. The van der Waals surface area contributed by atoms with E-state index >= 15 is 0 Å². The minimum absolute atomic E-state index is 0.0574. The van der Waals surface area contributed by atoms with Crippen molar-refractivity contribution in [2.45, 2.75) is 131 Å². The summed E-state index contributed by atoms with van der Waals surface area (Å²) in [5, 5.41) is 0. The van der Waals surface area contributed by atoms with Crippen molar-refractivity contribution in [3.05, 3.63) is 69.9 Å². The smallest absolute Gasteiger partial charge is 0.338 e. The van der Waals surface area contributed by atoms with Crippen LogP contribution in [0.4, 0.5) is 0 Å². The lowest BCUT2D eigenvalue weighted by Crippen LogP contribution is -2.25. The fourth-order valence-corrected chi connectivity index (χ4v) is 7.49. The summed E-state index contributed by atoms with van der Waals surface area (Å²) in [6, 6.07) is 0. The quantitative estimate of drug-likeness (QED) is 0.0999. The lowest BCUT2D eigenvalue weighted by atomic mass is 10.0. The number of rotatable bonds is 21. The van der Waals surface area contributed by atoms with E-state index in [2.05, 4.69) is 65.8 Å². The van der Waals surface area contributed by atoms with Crippen molar-refractivity contribution in [3.63, 3.8) is 0 Å². The molecule has 2 N–H and O–H groups in total. The molecule has 234 valence electrons. The van der Waals surface area contributed by atoms with Gasteiger partial charge in [0, 0.05) is 19.4 Å². The van der Waals surface area contributed by atoms with E-state index in [0.717, 1.165) is 62.5 Å². The lowest BCUT2D eigenvalue weighted by molar-refractivity contribution is 0.191. The zero-order valence-electron chi connectivity index (χ0n) is 27.5. The van der Waals surface area contributed by atoms with Crippen molar-refractivity contribution in [2.75, 3.05) is 13.0 Å². The molecule has 5 nitrogen and oxygen atoms in total. The first-order chi connectivity index (χ1) is 19.1. The van der Waals surface area contributed by atoms with Crippen LogP contribution in [0.1, 0.15) is 127 Å². The van der Waals surface area contributed by atoms with Crippen molar-refractivity contribution in [2.24, 2.45) is 0 Å². The lowest BCUT2D eigenvalue weighted by Gasteiger charge is -2.23. The van der Waals surface area contributed by atoms with Crippen LogP contribution < -0.4 is 0 Å². The van der Waals surface area contributed by atoms with Crippen LogP contribution in [-0.4, -0.2) is 27.6 Å². The van der Waals surface area contributed by atoms with E-state index < -0.39 is 20.3 Å². The SMILES string of the molecule is CCOC[P+](=O)C(C/C=C(\C)CC/C=C(\C)CCC=C(C)C)(C/C=C(\C)CC/C=C(\C)CCC=C(C)C)P(=O)(O)O. The monoisotopic (exact) mass is 609 g/mol. The van der Waals surface area contributed by atoms with Crippen LogP contribution in [0, 0.1) is 0 Å². The highest BCUT2D eigenvalue weighted by Crippen LogP contribution is 2.67. The molecule has 0 amide bonds. The molecule has 0 heterocycles. The Kier molecular flexibility index (Phi) is 20.7. The largest absolute Gasteiger partial charge is 0.386 e. The maximum Gasteiger partial charge on any atom is 0.386 e. The van der Waals surface area contributed by atoms with Gasteiger partial charge in [0.15, 0.2) is 0 Å². The summed E-state index contributed by atoms with van der Waals surface area (Å²) in [6.45, 7) is 18.8. The van der Waals surface area contributed by atoms with Crippen molar-refractivity contribution < 1.29 is 23.7 Å². The Morgan fingerprint density at radius 2 is 1.00 bits per heavy atom. The minimum Gasteiger partial charge on any atom is -0.338 e. The van der Waals surface area contributed by atoms with Gasteiger partial charge in [0.05, 0.1) is 0 Å². The van der Waals surface area contributed by atoms with Gasteiger partial charge in [-0.3, -0.25) is 4.57 Å². The van der Waals surface area contributed by atoms with E-state index in [1.165, 1.54) is 22.3 Å². The topological polar surface area (TPSA) is 83.8 Å². The Bertz CT molecular complexity index is 969. The summed E-state index contributed by atoms with van der Waals surface area (Å²) in [7, 11) is -7.04. The summed E-state index contributed by atoms with van der Waals surface area (Å²) < 4.78 is 31.8. The first-order valence-electron chi connectivity index (χ1n) is 15.1. The zero-order valence-corrected chi connectivity index (χ0v) is 29.3. The van der Waals surface area contributed by atoms with Gasteiger partial charge in [0.1, 0.15) is 0 Å². The van der Waals surface area contributed by atoms with E-state index in [-0.39, 0.29) is 19.2 Å². The second-order valence-corrected chi connectivity index (χ2v) is 16.0. The van der Waals surface area contributed by atoms with Crippen molar-refractivity contribution in [3.8, 4) is 0 Å². The summed E-state index contributed by atoms with van der Waals surface area (Å²) in [6.07, 6.45) is 20.2. The molecule has 0 saturated heterocycles.